The Bertz CT molecular complexity index is 936. The molecule has 3 aromatic rings. The summed E-state index contributed by atoms with van der Waals surface area (Å²) in [5.74, 6) is 0.0452. The number of nitrogens with zero attached hydrogens (tertiary/aromatic N) is 2. The highest BCUT2D eigenvalue weighted by atomic mass is 35.5. The van der Waals surface area contributed by atoms with E-state index in [0.29, 0.717) is 11.1 Å². The van der Waals surface area contributed by atoms with Gasteiger partial charge in [0.1, 0.15) is 4.83 Å². The van der Waals surface area contributed by atoms with Gasteiger partial charge in [-0.3, -0.25) is 4.79 Å². The highest BCUT2D eigenvalue weighted by Gasteiger charge is 2.20. The van der Waals surface area contributed by atoms with Crippen molar-refractivity contribution >= 4 is 39.1 Å². The molecule has 1 aromatic carbocycles. The summed E-state index contributed by atoms with van der Waals surface area (Å²) >= 11 is 7.51. The van der Waals surface area contributed by atoms with Crippen LogP contribution in [0.1, 0.15) is 60.3 Å². The van der Waals surface area contributed by atoms with Crippen LogP contribution in [-0.4, -0.2) is 21.7 Å². The summed E-state index contributed by atoms with van der Waals surface area (Å²) < 4.78 is 1.90. The fourth-order valence-electron chi connectivity index (χ4n) is 3.77. The summed E-state index contributed by atoms with van der Waals surface area (Å²) in [5.41, 5.74) is 1.88. The smallest absolute Gasteiger partial charge is 0.261 e. The van der Waals surface area contributed by atoms with Crippen molar-refractivity contribution in [3.63, 3.8) is 0 Å². The molecule has 0 atom stereocenters. The number of carbonyl (C=O) groups excluding carboxylic acids is 1. The van der Waals surface area contributed by atoms with E-state index in [9.17, 15) is 4.79 Å². The third-order valence-corrected chi connectivity index (χ3v) is 6.64. The van der Waals surface area contributed by atoms with E-state index in [1.165, 1.54) is 43.4 Å². The van der Waals surface area contributed by atoms with Crippen molar-refractivity contribution < 1.29 is 4.79 Å². The Balaban J connectivity index is 1.58. The number of aromatic nitrogens is 2. The minimum absolute atomic E-state index is 0.0452. The fraction of sp³-hybridized carbons (Fsp3) is 0.429. The van der Waals surface area contributed by atoms with Gasteiger partial charge in [0.25, 0.3) is 5.91 Å². The minimum Gasteiger partial charge on any atom is -0.349 e. The lowest BCUT2D eigenvalue weighted by Crippen LogP contribution is -2.34. The lowest BCUT2D eigenvalue weighted by Gasteiger charge is -2.20. The Morgan fingerprint density at radius 1 is 1.15 bits per heavy atom. The van der Waals surface area contributed by atoms with E-state index in [-0.39, 0.29) is 5.91 Å². The molecule has 0 spiro atoms. The van der Waals surface area contributed by atoms with Gasteiger partial charge in [-0.2, -0.15) is 5.10 Å². The number of rotatable bonds is 3. The van der Waals surface area contributed by atoms with Gasteiger partial charge in [0.2, 0.25) is 0 Å². The molecule has 1 aliphatic rings. The molecule has 2 heterocycles. The van der Waals surface area contributed by atoms with Gasteiger partial charge in [-0.25, -0.2) is 4.68 Å². The summed E-state index contributed by atoms with van der Waals surface area (Å²) in [4.78, 5) is 14.6. The van der Waals surface area contributed by atoms with Crippen LogP contribution in [0.25, 0.3) is 15.9 Å². The molecule has 4 nitrogen and oxygen atoms in total. The van der Waals surface area contributed by atoms with Crippen molar-refractivity contribution in [3.8, 4) is 5.69 Å². The lowest BCUT2D eigenvalue weighted by molar-refractivity contribution is 0.0934. The average Bonchev–Trinajstić information content (AvgIpc) is 3.19. The van der Waals surface area contributed by atoms with Gasteiger partial charge in [-0.15, -0.1) is 11.3 Å². The maximum absolute atomic E-state index is 12.8. The molecule has 0 aliphatic heterocycles. The molecule has 0 bridgehead atoms. The molecule has 0 radical (unpaired) electrons. The number of carbonyl (C=O) groups is 1. The average molecular weight is 402 g/mol. The fourth-order valence-corrected chi connectivity index (χ4v) is 4.99. The number of hydrogen-bond donors (Lipinski definition) is 1. The van der Waals surface area contributed by atoms with Crippen LogP contribution < -0.4 is 5.32 Å². The summed E-state index contributed by atoms with van der Waals surface area (Å²) in [5, 5.41) is 9.64. The Morgan fingerprint density at radius 2 is 1.81 bits per heavy atom. The largest absolute Gasteiger partial charge is 0.349 e. The van der Waals surface area contributed by atoms with Crippen LogP contribution in [0.15, 0.2) is 30.3 Å². The highest BCUT2D eigenvalue weighted by Crippen LogP contribution is 2.31. The molecule has 1 saturated carbocycles. The molecule has 1 aliphatic carbocycles. The van der Waals surface area contributed by atoms with Crippen molar-refractivity contribution in [1.82, 2.24) is 15.1 Å². The van der Waals surface area contributed by atoms with Gasteiger partial charge in [-0.05, 0) is 50.1 Å². The Hall–Kier alpha value is -1.85. The second-order valence-electron chi connectivity index (χ2n) is 7.32. The normalized spacial score (nSPS) is 16.2. The van der Waals surface area contributed by atoms with Crippen molar-refractivity contribution in [2.75, 3.05) is 0 Å². The molecule has 6 heteroatoms. The third kappa shape index (κ3) is 4.04. The number of nitrogens with one attached hydrogen (secondary N) is 1. The van der Waals surface area contributed by atoms with Crippen LogP contribution in [0, 0.1) is 6.92 Å². The van der Waals surface area contributed by atoms with Gasteiger partial charge in [0, 0.05) is 16.5 Å². The Labute approximate surface area is 168 Å². The lowest BCUT2D eigenvalue weighted by atomic mass is 9.97. The van der Waals surface area contributed by atoms with E-state index in [1.807, 2.05) is 41.9 Å². The zero-order chi connectivity index (χ0) is 18.8. The second kappa shape index (κ2) is 8.03. The number of thiophene rings is 1. The van der Waals surface area contributed by atoms with Crippen molar-refractivity contribution in [3.05, 3.63) is 45.9 Å². The molecule has 142 valence electrons. The number of aryl methyl sites for hydroxylation is 1. The molecule has 4 rings (SSSR count). The maximum atomic E-state index is 12.8. The van der Waals surface area contributed by atoms with E-state index in [4.69, 9.17) is 11.6 Å². The molecule has 0 saturated heterocycles. The van der Waals surface area contributed by atoms with Crippen LogP contribution in [0.4, 0.5) is 0 Å². The molecule has 1 amide bonds. The molecule has 2 aromatic heterocycles. The SMILES string of the molecule is Cc1nn(-c2ccc(Cl)cc2)c2sc(C(=O)NC3CCCCCCC3)cc12. The first-order valence-electron chi connectivity index (χ1n) is 9.68. The first kappa shape index (κ1) is 18.5. The maximum Gasteiger partial charge on any atom is 0.261 e. The van der Waals surface area contributed by atoms with E-state index in [0.717, 1.165) is 39.3 Å². The standard InChI is InChI=1S/C21H24ClN3OS/c1-14-18-13-19(20(26)23-16-7-5-3-2-4-6-8-16)27-21(18)25(24-14)17-11-9-15(22)10-12-17/h9-13,16H,2-8H2,1H3,(H,23,26). The van der Waals surface area contributed by atoms with Crippen molar-refractivity contribution in [2.45, 2.75) is 57.9 Å². The van der Waals surface area contributed by atoms with E-state index < -0.39 is 0 Å². The zero-order valence-electron chi connectivity index (χ0n) is 15.5. The summed E-state index contributed by atoms with van der Waals surface area (Å²) in [6.45, 7) is 1.98. The quantitative estimate of drug-likeness (QED) is 0.594. The van der Waals surface area contributed by atoms with Crippen molar-refractivity contribution in [2.24, 2.45) is 0 Å². The van der Waals surface area contributed by atoms with Gasteiger partial charge >= 0.3 is 0 Å². The highest BCUT2D eigenvalue weighted by molar-refractivity contribution is 7.20. The molecular weight excluding hydrogens is 378 g/mol. The van der Waals surface area contributed by atoms with E-state index in [2.05, 4.69) is 10.4 Å². The minimum atomic E-state index is 0.0452. The molecule has 0 unspecified atom stereocenters. The molecule has 1 fully saturated rings. The first-order chi connectivity index (χ1) is 13.1. The second-order valence-corrected chi connectivity index (χ2v) is 8.79. The van der Waals surface area contributed by atoms with E-state index >= 15 is 0 Å². The van der Waals surface area contributed by atoms with Gasteiger partial charge in [0.15, 0.2) is 0 Å². The van der Waals surface area contributed by atoms with Crippen LogP contribution in [-0.2, 0) is 0 Å². The van der Waals surface area contributed by atoms with Crippen LogP contribution in [0.2, 0.25) is 5.02 Å². The molecule has 1 N–H and O–H groups in total. The van der Waals surface area contributed by atoms with Crippen LogP contribution in [0.3, 0.4) is 0 Å². The monoisotopic (exact) mass is 401 g/mol. The number of benzene rings is 1. The number of amides is 1. The first-order valence-corrected chi connectivity index (χ1v) is 10.9. The molecule has 27 heavy (non-hydrogen) atoms. The summed E-state index contributed by atoms with van der Waals surface area (Å²) in [6, 6.07) is 9.89. The van der Waals surface area contributed by atoms with E-state index in [1.54, 1.807) is 0 Å². The topological polar surface area (TPSA) is 46.9 Å². The van der Waals surface area contributed by atoms with Crippen LogP contribution >= 0.6 is 22.9 Å². The Morgan fingerprint density at radius 3 is 2.52 bits per heavy atom. The zero-order valence-corrected chi connectivity index (χ0v) is 17.1. The predicted octanol–water partition coefficient (Wildman–Crippen LogP) is 5.89. The number of fused-ring (bicyclic) bond motifs is 1. The third-order valence-electron chi connectivity index (χ3n) is 5.28. The predicted molar refractivity (Wildman–Crippen MR) is 112 cm³/mol. The Kier molecular flexibility index (Phi) is 5.50. The molecular formula is C21H24ClN3OS. The van der Waals surface area contributed by atoms with Crippen LogP contribution in [0.5, 0.6) is 0 Å². The summed E-state index contributed by atoms with van der Waals surface area (Å²) in [6.07, 6.45) is 8.50. The number of halogens is 1. The van der Waals surface area contributed by atoms with Gasteiger partial charge in [-0.1, -0.05) is 43.7 Å². The number of hydrogen-bond acceptors (Lipinski definition) is 3. The summed E-state index contributed by atoms with van der Waals surface area (Å²) in [7, 11) is 0. The van der Waals surface area contributed by atoms with Gasteiger partial charge < -0.3 is 5.32 Å². The van der Waals surface area contributed by atoms with Gasteiger partial charge in [0.05, 0.1) is 16.3 Å². The van der Waals surface area contributed by atoms with Crippen molar-refractivity contribution in [1.29, 1.82) is 0 Å².